The van der Waals surface area contributed by atoms with E-state index in [1.807, 2.05) is 0 Å². The molecule has 5 heteroatoms. The number of halogens is 1. The summed E-state index contributed by atoms with van der Waals surface area (Å²) in [6, 6.07) is 0. The molecule has 60 valence electrons. The molecule has 0 aromatic heterocycles. The molecule has 1 aliphatic heterocycles. The van der Waals surface area contributed by atoms with Gasteiger partial charge in [-0.25, -0.2) is 0 Å². The second kappa shape index (κ2) is 2.87. The fourth-order valence-electron chi connectivity index (χ4n) is 0.970. The first-order chi connectivity index (χ1) is 5.04. The third-order valence-electron chi connectivity index (χ3n) is 1.52. The second-order valence-corrected chi connectivity index (χ2v) is 3.13. The van der Waals surface area contributed by atoms with Gasteiger partial charge in [-0.1, -0.05) is 12.2 Å². The quantitative estimate of drug-likeness (QED) is 0.457. The van der Waals surface area contributed by atoms with Crippen LogP contribution in [-0.2, 0) is 4.79 Å². The Bertz CT molecular complexity index is 251. The van der Waals surface area contributed by atoms with Crippen LogP contribution >= 0.6 is 23.8 Å². The van der Waals surface area contributed by atoms with Gasteiger partial charge in [0.15, 0.2) is 0 Å². The predicted molar refractivity (Wildman–Crippen MR) is 47.8 cm³/mol. The fourth-order valence-corrected chi connectivity index (χ4v) is 1.61. The van der Waals surface area contributed by atoms with Crippen LogP contribution in [0, 0.1) is 5.92 Å². The number of carbonyl (C=O) groups is 1. The first-order valence-corrected chi connectivity index (χ1v) is 3.84. The third-order valence-corrected chi connectivity index (χ3v) is 2.24. The Morgan fingerprint density at radius 1 is 1.82 bits per heavy atom. The Hall–Kier alpha value is -0.480. The van der Waals surface area contributed by atoms with Crippen LogP contribution in [0.5, 0.6) is 0 Å². The zero-order valence-corrected chi connectivity index (χ0v) is 7.74. The Morgan fingerprint density at radius 3 is 2.55 bits per heavy atom. The monoisotopic (exact) mass is 190 g/mol. The van der Waals surface area contributed by atoms with E-state index in [1.54, 1.807) is 14.0 Å². The summed E-state index contributed by atoms with van der Waals surface area (Å²) in [5, 5.41) is 5.01. The van der Waals surface area contributed by atoms with Gasteiger partial charge in [-0.05, 0) is 18.5 Å². The molecule has 1 heterocycles. The molecule has 0 amide bonds. The molecule has 0 N–H and O–H groups in total. The molecule has 0 radical (unpaired) electrons. The van der Waals surface area contributed by atoms with Crippen molar-refractivity contribution in [3.63, 3.8) is 0 Å². The number of thiocarbonyl (C=S) groups is 1. The van der Waals surface area contributed by atoms with E-state index < -0.39 is 11.2 Å². The Morgan fingerprint density at radius 2 is 2.36 bits per heavy atom. The highest BCUT2D eigenvalue weighted by atomic mass is 35.5. The van der Waals surface area contributed by atoms with Gasteiger partial charge in [-0.15, -0.1) is 0 Å². The highest BCUT2D eigenvalue weighted by molar-refractivity contribution is 7.80. The molecule has 11 heavy (non-hydrogen) atoms. The first kappa shape index (κ1) is 8.62. The summed E-state index contributed by atoms with van der Waals surface area (Å²) in [5.74, 6) is -0.489. The summed E-state index contributed by atoms with van der Waals surface area (Å²) in [4.78, 5) is 11.3. The van der Waals surface area contributed by atoms with E-state index in [0.29, 0.717) is 10.7 Å². The van der Waals surface area contributed by atoms with Crippen LogP contribution in [0.15, 0.2) is 5.10 Å². The maximum Gasteiger partial charge on any atom is 0.237 e. The number of rotatable bonds is 1. The molecule has 1 aliphatic rings. The van der Waals surface area contributed by atoms with E-state index in [4.69, 9.17) is 23.8 Å². The summed E-state index contributed by atoms with van der Waals surface area (Å²) < 4.78 is 0. The van der Waals surface area contributed by atoms with Crippen LogP contribution in [0.25, 0.3) is 0 Å². The Kier molecular flexibility index (Phi) is 2.25. The summed E-state index contributed by atoms with van der Waals surface area (Å²) >= 11 is 10.2. The normalized spacial score (nSPS) is 23.9. The van der Waals surface area contributed by atoms with Gasteiger partial charge in [0, 0.05) is 7.05 Å². The van der Waals surface area contributed by atoms with E-state index in [-0.39, 0.29) is 0 Å². The van der Waals surface area contributed by atoms with Crippen molar-refractivity contribution in [1.82, 2.24) is 5.01 Å². The summed E-state index contributed by atoms with van der Waals surface area (Å²) in [6.45, 7) is 1.74. The lowest BCUT2D eigenvalue weighted by atomic mass is 10.1. The van der Waals surface area contributed by atoms with Crippen LogP contribution in [-0.4, -0.2) is 28.0 Å². The van der Waals surface area contributed by atoms with E-state index in [0.717, 1.165) is 0 Å². The number of carbonyl (C=O) groups excluding carboxylic acids is 1. The van der Waals surface area contributed by atoms with Crippen LogP contribution < -0.4 is 0 Å². The van der Waals surface area contributed by atoms with Gasteiger partial charge in [0.2, 0.25) is 5.24 Å². The molecular weight excluding hydrogens is 184 g/mol. The van der Waals surface area contributed by atoms with Gasteiger partial charge in [0.1, 0.15) is 10.9 Å². The van der Waals surface area contributed by atoms with Crippen molar-refractivity contribution in [2.75, 3.05) is 7.05 Å². The average Bonchev–Trinajstić information content (AvgIpc) is 2.07. The molecule has 0 saturated heterocycles. The molecule has 0 spiro atoms. The minimum Gasteiger partial charge on any atom is -0.280 e. The summed E-state index contributed by atoms with van der Waals surface area (Å²) in [6.07, 6.45) is 0. The molecule has 1 rings (SSSR count). The van der Waals surface area contributed by atoms with Crippen LogP contribution in [0.2, 0.25) is 0 Å². The zero-order chi connectivity index (χ0) is 8.59. The van der Waals surface area contributed by atoms with Crippen molar-refractivity contribution >= 4 is 39.8 Å². The zero-order valence-electron chi connectivity index (χ0n) is 6.17. The maximum atomic E-state index is 10.8. The molecule has 0 fully saturated rings. The van der Waals surface area contributed by atoms with Crippen molar-refractivity contribution in [2.24, 2.45) is 11.0 Å². The SMILES string of the molecule is CC1=NN(C)C(=S)C1C(=O)Cl. The fraction of sp³-hybridized carbons (Fsp3) is 0.500. The highest BCUT2D eigenvalue weighted by Crippen LogP contribution is 2.17. The molecule has 1 atom stereocenters. The van der Waals surface area contributed by atoms with E-state index >= 15 is 0 Å². The minimum atomic E-state index is -0.489. The van der Waals surface area contributed by atoms with Gasteiger partial charge in [-0.3, -0.25) is 9.80 Å². The molecule has 0 aromatic carbocycles. The number of hydrazone groups is 1. The van der Waals surface area contributed by atoms with Crippen molar-refractivity contribution in [1.29, 1.82) is 0 Å². The van der Waals surface area contributed by atoms with Crippen LogP contribution in [0.4, 0.5) is 0 Å². The van der Waals surface area contributed by atoms with Crippen molar-refractivity contribution in [3.8, 4) is 0 Å². The molecule has 0 bridgehead atoms. The average molecular weight is 191 g/mol. The number of nitrogens with zero attached hydrogens (tertiary/aromatic N) is 2. The highest BCUT2D eigenvalue weighted by Gasteiger charge is 2.32. The molecule has 1 unspecified atom stereocenters. The van der Waals surface area contributed by atoms with Gasteiger partial charge >= 0.3 is 0 Å². The molecule has 0 aromatic rings. The lowest BCUT2D eigenvalue weighted by molar-refractivity contribution is -0.112. The van der Waals surface area contributed by atoms with Gasteiger partial charge < -0.3 is 0 Å². The standard InChI is InChI=1S/C6H7ClN2OS/c1-3-4(5(7)10)6(11)9(2)8-3/h4H,1-2H3. The van der Waals surface area contributed by atoms with Crippen molar-refractivity contribution in [3.05, 3.63) is 0 Å². The smallest absolute Gasteiger partial charge is 0.237 e. The number of hydrogen-bond acceptors (Lipinski definition) is 3. The largest absolute Gasteiger partial charge is 0.280 e. The van der Waals surface area contributed by atoms with Gasteiger partial charge in [0.25, 0.3) is 0 Å². The predicted octanol–water partition coefficient (Wildman–Crippen LogP) is 1.02. The van der Waals surface area contributed by atoms with Gasteiger partial charge in [-0.2, -0.15) is 5.10 Å². The van der Waals surface area contributed by atoms with Crippen molar-refractivity contribution < 1.29 is 4.79 Å². The number of hydrogen-bond donors (Lipinski definition) is 0. The Labute approximate surface area is 75.0 Å². The third kappa shape index (κ3) is 1.41. The molecule has 0 aliphatic carbocycles. The van der Waals surface area contributed by atoms with E-state index in [9.17, 15) is 4.79 Å². The first-order valence-electron chi connectivity index (χ1n) is 3.06. The van der Waals surface area contributed by atoms with Crippen molar-refractivity contribution in [2.45, 2.75) is 6.92 Å². The summed E-state index contributed by atoms with van der Waals surface area (Å²) in [7, 11) is 1.70. The maximum absolute atomic E-state index is 10.8. The molecular formula is C6H7ClN2OS. The van der Waals surface area contributed by atoms with E-state index in [2.05, 4.69) is 5.10 Å². The second-order valence-electron chi connectivity index (χ2n) is 2.34. The topological polar surface area (TPSA) is 32.7 Å². The van der Waals surface area contributed by atoms with E-state index in [1.165, 1.54) is 5.01 Å². The van der Waals surface area contributed by atoms with Gasteiger partial charge in [0.05, 0.1) is 5.71 Å². The lowest BCUT2D eigenvalue weighted by Gasteiger charge is -2.07. The van der Waals surface area contributed by atoms with Crippen LogP contribution in [0.3, 0.4) is 0 Å². The van der Waals surface area contributed by atoms with Crippen LogP contribution in [0.1, 0.15) is 6.92 Å². The summed E-state index contributed by atoms with van der Waals surface area (Å²) in [5.41, 5.74) is 0.664. The minimum absolute atomic E-state index is 0.458. The lowest BCUT2D eigenvalue weighted by Crippen LogP contribution is -2.26. The molecule has 3 nitrogen and oxygen atoms in total. The Balaban J connectivity index is 2.92. The molecule has 0 saturated carbocycles.